The summed E-state index contributed by atoms with van der Waals surface area (Å²) in [6.45, 7) is 0. The van der Waals surface area contributed by atoms with Crippen LogP contribution in [0.3, 0.4) is 0 Å². The van der Waals surface area contributed by atoms with Crippen molar-refractivity contribution in [2.24, 2.45) is 0 Å². The topological polar surface area (TPSA) is 52.9 Å². The van der Waals surface area contributed by atoms with Crippen molar-refractivity contribution in [1.82, 2.24) is 0 Å². The molecule has 0 aliphatic carbocycles. The van der Waals surface area contributed by atoms with Gasteiger partial charge in [0.2, 0.25) is 0 Å². The van der Waals surface area contributed by atoms with Crippen LogP contribution in [0.25, 0.3) is 5.57 Å². The molecule has 0 fully saturated rings. The number of amides is 1. The molecule has 0 bridgehead atoms. The Morgan fingerprint density at radius 1 is 1.50 bits per heavy atom. The van der Waals surface area contributed by atoms with Crippen molar-refractivity contribution in [3.05, 3.63) is 34.9 Å². The monoisotopic (exact) mass is 204 g/mol. The fraction of sp³-hybridized carbons (Fsp3) is 0. The Kier molecular flexibility index (Phi) is 1.99. The number of carbonyl (C=O) groups excluding carboxylic acids is 1. The van der Waals surface area contributed by atoms with E-state index in [1.807, 2.05) is 6.07 Å². The van der Waals surface area contributed by atoms with Crippen LogP contribution in [0.1, 0.15) is 5.56 Å². The number of hydrogen-bond donors (Lipinski definition) is 1. The number of halogens is 1. The van der Waals surface area contributed by atoms with Crippen LogP contribution in [0.5, 0.6) is 0 Å². The maximum Gasteiger partial charge on any atom is 0.257 e. The number of benzene rings is 1. The molecule has 0 saturated carbocycles. The second-order valence-electron chi connectivity index (χ2n) is 2.83. The van der Waals surface area contributed by atoms with Gasteiger partial charge in [-0.1, -0.05) is 11.6 Å². The summed E-state index contributed by atoms with van der Waals surface area (Å²) in [6, 6.07) is 6.91. The van der Waals surface area contributed by atoms with Gasteiger partial charge in [0.1, 0.15) is 0 Å². The van der Waals surface area contributed by atoms with Gasteiger partial charge >= 0.3 is 0 Å². The minimum absolute atomic E-state index is 0.260. The lowest BCUT2D eigenvalue weighted by Crippen LogP contribution is -2.03. The lowest BCUT2D eigenvalue weighted by molar-refractivity contribution is -0.110. The number of nitrogens with zero attached hydrogens (tertiary/aromatic N) is 1. The summed E-state index contributed by atoms with van der Waals surface area (Å²) in [5.41, 5.74) is 1.75. The first kappa shape index (κ1) is 8.79. The third kappa shape index (κ3) is 1.26. The molecule has 1 aliphatic heterocycles. The van der Waals surface area contributed by atoms with Gasteiger partial charge in [0.15, 0.2) is 0 Å². The van der Waals surface area contributed by atoms with Gasteiger partial charge in [-0.3, -0.25) is 4.79 Å². The first-order chi connectivity index (χ1) is 6.72. The molecule has 1 aromatic carbocycles. The number of hydrogen-bond acceptors (Lipinski definition) is 2. The van der Waals surface area contributed by atoms with Crippen molar-refractivity contribution in [3.8, 4) is 6.07 Å². The van der Waals surface area contributed by atoms with E-state index in [9.17, 15) is 4.79 Å². The lowest BCUT2D eigenvalue weighted by Gasteiger charge is -1.96. The summed E-state index contributed by atoms with van der Waals surface area (Å²) in [5, 5.41) is 11.7. The second-order valence-corrected chi connectivity index (χ2v) is 3.27. The summed E-state index contributed by atoms with van der Waals surface area (Å²) in [4.78, 5) is 11.4. The van der Waals surface area contributed by atoms with Gasteiger partial charge in [-0.15, -0.1) is 0 Å². The predicted molar refractivity (Wildman–Crippen MR) is 53.7 cm³/mol. The Morgan fingerprint density at radius 2 is 2.29 bits per heavy atom. The molecule has 0 unspecified atom stereocenters. The van der Waals surface area contributed by atoms with Crippen LogP contribution in [0.2, 0.25) is 5.02 Å². The second kappa shape index (κ2) is 3.17. The Morgan fingerprint density at radius 3 is 3.00 bits per heavy atom. The average molecular weight is 205 g/mol. The van der Waals surface area contributed by atoms with E-state index >= 15 is 0 Å². The largest absolute Gasteiger partial charge is 0.321 e. The van der Waals surface area contributed by atoms with E-state index in [1.165, 1.54) is 6.08 Å². The van der Waals surface area contributed by atoms with Crippen LogP contribution < -0.4 is 5.32 Å². The van der Waals surface area contributed by atoms with E-state index in [4.69, 9.17) is 16.9 Å². The summed E-state index contributed by atoms with van der Waals surface area (Å²) < 4.78 is 0. The molecule has 1 aliphatic rings. The molecule has 1 amide bonds. The third-order valence-electron chi connectivity index (χ3n) is 1.97. The molecule has 0 aromatic heterocycles. The van der Waals surface area contributed by atoms with Gasteiger partial charge in [-0.25, -0.2) is 0 Å². The van der Waals surface area contributed by atoms with Crippen LogP contribution in [-0.2, 0) is 4.79 Å². The lowest BCUT2D eigenvalue weighted by atomic mass is 10.1. The standard InChI is InChI=1S/C10H5ClN2O/c11-6-1-2-9-8(5-6)7(3-4-12)10(14)13-9/h1-3,5H,(H,13,14)/b7-3+. The van der Waals surface area contributed by atoms with E-state index in [-0.39, 0.29) is 5.91 Å². The molecule has 1 N–H and O–H groups in total. The number of nitriles is 1. The van der Waals surface area contributed by atoms with Gasteiger partial charge < -0.3 is 5.32 Å². The van der Waals surface area contributed by atoms with Crippen molar-refractivity contribution < 1.29 is 4.79 Å². The molecule has 1 aromatic rings. The normalized spacial score (nSPS) is 16.3. The molecule has 0 saturated heterocycles. The van der Waals surface area contributed by atoms with Crippen molar-refractivity contribution >= 4 is 28.8 Å². The first-order valence-electron chi connectivity index (χ1n) is 3.93. The highest BCUT2D eigenvalue weighted by atomic mass is 35.5. The van der Waals surface area contributed by atoms with E-state index < -0.39 is 0 Å². The van der Waals surface area contributed by atoms with Gasteiger partial charge in [0, 0.05) is 22.3 Å². The Balaban J connectivity index is 2.62. The molecule has 4 heteroatoms. The summed E-state index contributed by atoms with van der Waals surface area (Å²) in [7, 11) is 0. The number of allylic oxidation sites excluding steroid dienone is 1. The van der Waals surface area contributed by atoms with Crippen LogP contribution in [0, 0.1) is 11.3 Å². The van der Waals surface area contributed by atoms with Crippen LogP contribution in [0.15, 0.2) is 24.3 Å². The van der Waals surface area contributed by atoms with Crippen molar-refractivity contribution in [2.75, 3.05) is 5.32 Å². The van der Waals surface area contributed by atoms with Crippen molar-refractivity contribution in [1.29, 1.82) is 5.26 Å². The maximum atomic E-state index is 11.4. The molecular weight excluding hydrogens is 200 g/mol. The quantitative estimate of drug-likeness (QED) is 0.520. The Bertz CT molecular complexity index is 485. The van der Waals surface area contributed by atoms with E-state index in [0.717, 1.165) is 0 Å². The maximum absolute atomic E-state index is 11.4. The molecular formula is C10H5ClN2O. The molecule has 1 heterocycles. The molecule has 3 nitrogen and oxygen atoms in total. The van der Waals surface area contributed by atoms with Crippen molar-refractivity contribution in [2.45, 2.75) is 0 Å². The zero-order chi connectivity index (χ0) is 10.1. The van der Waals surface area contributed by atoms with Gasteiger partial charge in [-0.05, 0) is 18.2 Å². The zero-order valence-electron chi connectivity index (χ0n) is 7.04. The highest BCUT2D eigenvalue weighted by Crippen LogP contribution is 2.33. The molecule has 14 heavy (non-hydrogen) atoms. The Labute approximate surface area is 85.6 Å². The number of fused-ring (bicyclic) bond motifs is 1. The molecule has 68 valence electrons. The fourth-order valence-electron chi connectivity index (χ4n) is 1.37. The molecule has 0 radical (unpaired) electrons. The summed E-state index contributed by atoms with van der Waals surface area (Å²) in [5.74, 6) is -0.260. The third-order valence-corrected chi connectivity index (χ3v) is 2.21. The fourth-order valence-corrected chi connectivity index (χ4v) is 1.54. The van der Waals surface area contributed by atoms with Crippen LogP contribution >= 0.6 is 11.6 Å². The van der Waals surface area contributed by atoms with E-state index in [0.29, 0.717) is 21.8 Å². The number of carbonyl (C=O) groups is 1. The Hall–Kier alpha value is -1.79. The number of nitrogens with one attached hydrogen (secondary N) is 1. The highest BCUT2D eigenvalue weighted by molar-refractivity contribution is 6.34. The van der Waals surface area contributed by atoms with Crippen LogP contribution in [-0.4, -0.2) is 5.91 Å². The minimum Gasteiger partial charge on any atom is -0.321 e. The first-order valence-corrected chi connectivity index (χ1v) is 4.31. The smallest absolute Gasteiger partial charge is 0.257 e. The van der Waals surface area contributed by atoms with Crippen molar-refractivity contribution in [3.63, 3.8) is 0 Å². The number of rotatable bonds is 0. The molecule has 2 rings (SSSR count). The highest BCUT2D eigenvalue weighted by Gasteiger charge is 2.23. The predicted octanol–water partition coefficient (Wildman–Crippen LogP) is 2.20. The summed E-state index contributed by atoms with van der Waals surface area (Å²) in [6.07, 6.45) is 1.22. The van der Waals surface area contributed by atoms with Gasteiger partial charge in [-0.2, -0.15) is 5.26 Å². The van der Waals surface area contributed by atoms with Crippen LogP contribution in [0.4, 0.5) is 5.69 Å². The number of anilines is 1. The molecule has 0 atom stereocenters. The van der Waals surface area contributed by atoms with E-state index in [2.05, 4.69) is 5.32 Å². The SMILES string of the molecule is N#C/C=C1/C(=O)Nc2ccc(Cl)cc21. The van der Waals surface area contributed by atoms with Gasteiger partial charge in [0.25, 0.3) is 5.91 Å². The molecule has 0 spiro atoms. The summed E-state index contributed by atoms with van der Waals surface area (Å²) >= 11 is 5.79. The zero-order valence-corrected chi connectivity index (χ0v) is 7.80. The van der Waals surface area contributed by atoms with Gasteiger partial charge in [0.05, 0.1) is 11.6 Å². The van der Waals surface area contributed by atoms with E-state index in [1.54, 1.807) is 18.2 Å². The minimum atomic E-state index is -0.260. The average Bonchev–Trinajstić information content (AvgIpc) is 2.45.